The van der Waals surface area contributed by atoms with Crippen LogP contribution in [0.15, 0.2) is 41.6 Å². The molecule has 0 spiro atoms. The van der Waals surface area contributed by atoms with E-state index >= 15 is 0 Å². The number of nitrogens with one attached hydrogen (secondary N) is 1. The molecule has 4 rings (SSSR count). The van der Waals surface area contributed by atoms with Crippen LogP contribution >= 0.6 is 11.8 Å². The van der Waals surface area contributed by atoms with Crippen molar-refractivity contribution in [2.75, 3.05) is 18.2 Å². The molecule has 3 aromatic rings. The molecule has 32 heavy (non-hydrogen) atoms. The Kier molecular flexibility index (Phi) is 6.99. The predicted molar refractivity (Wildman–Crippen MR) is 126 cm³/mol. The molecular weight excluding hydrogens is 424 g/mol. The molecule has 2 aromatic carbocycles. The fourth-order valence-electron chi connectivity index (χ4n) is 3.95. The average molecular weight is 453 g/mol. The Morgan fingerprint density at radius 2 is 1.94 bits per heavy atom. The lowest BCUT2D eigenvalue weighted by molar-refractivity contribution is -0.113. The highest BCUT2D eigenvalue weighted by Crippen LogP contribution is 2.31. The van der Waals surface area contributed by atoms with E-state index < -0.39 is 0 Å². The Labute approximate surface area is 192 Å². The van der Waals surface area contributed by atoms with Gasteiger partial charge in [-0.2, -0.15) is 0 Å². The molecule has 8 heteroatoms. The molecule has 1 aliphatic carbocycles. The fourth-order valence-corrected chi connectivity index (χ4v) is 4.68. The lowest BCUT2D eigenvalue weighted by Crippen LogP contribution is -2.15. The fraction of sp³-hybridized carbons (Fsp3) is 0.375. The van der Waals surface area contributed by atoms with Crippen molar-refractivity contribution < 1.29 is 14.3 Å². The number of ether oxygens (including phenoxy) is 2. The summed E-state index contributed by atoms with van der Waals surface area (Å²) in [4.78, 5) is 12.4. The van der Waals surface area contributed by atoms with Gasteiger partial charge in [0.05, 0.1) is 18.6 Å². The minimum atomic E-state index is -0.134. The van der Waals surface area contributed by atoms with Crippen molar-refractivity contribution in [3.05, 3.63) is 58.9 Å². The first-order valence-corrected chi connectivity index (χ1v) is 11.7. The zero-order chi connectivity index (χ0) is 22.5. The molecule has 168 valence electrons. The third kappa shape index (κ3) is 4.91. The molecule has 7 nitrogen and oxygen atoms in total. The van der Waals surface area contributed by atoms with E-state index in [1.807, 2.05) is 35.9 Å². The van der Waals surface area contributed by atoms with Crippen molar-refractivity contribution in [1.29, 1.82) is 0 Å². The number of benzene rings is 2. The highest BCUT2D eigenvalue weighted by molar-refractivity contribution is 7.99. The second-order valence-corrected chi connectivity index (χ2v) is 8.76. The summed E-state index contributed by atoms with van der Waals surface area (Å²) in [6.45, 7) is 2.47. The Hall–Kier alpha value is -3.00. The Morgan fingerprint density at radius 3 is 2.78 bits per heavy atom. The number of fused-ring (bicyclic) bond motifs is 1. The van der Waals surface area contributed by atoms with Gasteiger partial charge in [0.1, 0.15) is 18.1 Å². The number of anilines is 1. The summed E-state index contributed by atoms with van der Waals surface area (Å²) in [7, 11) is 3.47. The summed E-state index contributed by atoms with van der Waals surface area (Å²) in [5, 5.41) is 12.0. The van der Waals surface area contributed by atoms with Gasteiger partial charge in [-0.05, 0) is 67.5 Å². The van der Waals surface area contributed by atoms with Crippen LogP contribution in [0.1, 0.15) is 35.4 Å². The number of aromatic nitrogens is 3. The molecule has 1 aliphatic rings. The highest BCUT2D eigenvalue weighted by Gasteiger charge is 2.16. The van der Waals surface area contributed by atoms with Crippen LogP contribution in [0.25, 0.3) is 0 Å². The van der Waals surface area contributed by atoms with Gasteiger partial charge in [0.15, 0.2) is 11.0 Å². The van der Waals surface area contributed by atoms with Crippen LogP contribution in [0.5, 0.6) is 11.5 Å². The highest BCUT2D eigenvalue weighted by atomic mass is 32.2. The standard InChI is InChI=1S/C24H28N4O3S/c1-16-18-9-5-4-8-17(18)12-13-20(16)31-14-22-26-27-24(28(22)2)32-15-23(29)25-19-10-6-7-11-21(19)30-3/h6-7,10-13H,4-5,8-9,14-15H2,1-3H3,(H,25,29). The quantitative estimate of drug-likeness (QED) is 0.513. The molecule has 1 aromatic heterocycles. The van der Waals surface area contributed by atoms with Crippen LogP contribution in [0.3, 0.4) is 0 Å². The van der Waals surface area contributed by atoms with E-state index in [9.17, 15) is 4.79 Å². The number of aryl methyl sites for hydroxylation is 1. The molecular formula is C24H28N4O3S. The van der Waals surface area contributed by atoms with E-state index in [1.54, 1.807) is 7.11 Å². The van der Waals surface area contributed by atoms with Crippen LogP contribution in [-0.4, -0.2) is 33.5 Å². The minimum absolute atomic E-state index is 0.134. The maximum absolute atomic E-state index is 12.4. The number of thioether (sulfide) groups is 1. The van der Waals surface area contributed by atoms with E-state index in [0.29, 0.717) is 23.2 Å². The van der Waals surface area contributed by atoms with E-state index in [2.05, 4.69) is 34.6 Å². The van der Waals surface area contributed by atoms with Crippen molar-refractivity contribution in [2.24, 2.45) is 7.05 Å². The van der Waals surface area contributed by atoms with Crippen LogP contribution in [0.4, 0.5) is 5.69 Å². The number of rotatable bonds is 8. The number of amides is 1. The maximum atomic E-state index is 12.4. The topological polar surface area (TPSA) is 78.3 Å². The van der Waals surface area contributed by atoms with Crippen LogP contribution in [0, 0.1) is 6.92 Å². The summed E-state index contributed by atoms with van der Waals surface area (Å²) >= 11 is 1.33. The van der Waals surface area contributed by atoms with Crippen LogP contribution in [-0.2, 0) is 31.3 Å². The normalized spacial score (nSPS) is 12.8. The monoisotopic (exact) mass is 452 g/mol. The number of hydrogen-bond acceptors (Lipinski definition) is 6. The molecule has 0 fully saturated rings. The first-order valence-electron chi connectivity index (χ1n) is 10.7. The number of carbonyl (C=O) groups is 1. The van der Waals surface area contributed by atoms with Crippen molar-refractivity contribution in [1.82, 2.24) is 14.8 Å². The van der Waals surface area contributed by atoms with Gasteiger partial charge >= 0.3 is 0 Å². The first-order chi connectivity index (χ1) is 15.6. The second-order valence-electron chi connectivity index (χ2n) is 7.82. The summed E-state index contributed by atoms with van der Waals surface area (Å²) < 4.78 is 13.2. The number of carbonyl (C=O) groups excluding carboxylic acids is 1. The van der Waals surface area contributed by atoms with Gasteiger partial charge in [-0.3, -0.25) is 4.79 Å². The van der Waals surface area contributed by atoms with Gasteiger partial charge < -0.3 is 19.4 Å². The molecule has 1 heterocycles. The minimum Gasteiger partial charge on any atom is -0.495 e. The van der Waals surface area contributed by atoms with Crippen LogP contribution in [0.2, 0.25) is 0 Å². The molecule has 0 saturated carbocycles. The molecule has 1 amide bonds. The molecule has 0 aliphatic heterocycles. The molecule has 0 atom stereocenters. The van der Waals surface area contributed by atoms with Gasteiger partial charge in [0, 0.05) is 7.05 Å². The molecule has 0 saturated heterocycles. The van der Waals surface area contributed by atoms with Gasteiger partial charge in [0.25, 0.3) is 0 Å². The average Bonchev–Trinajstić information content (AvgIpc) is 3.17. The van der Waals surface area contributed by atoms with Crippen molar-refractivity contribution in [2.45, 2.75) is 44.4 Å². The van der Waals surface area contributed by atoms with Gasteiger partial charge in [0.2, 0.25) is 5.91 Å². The molecule has 0 radical (unpaired) electrons. The molecule has 0 unspecified atom stereocenters. The smallest absolute Gasteiger partial charge is 0.234 e. The SMILES string of the molecule is COc1ccccc1NC(=O)CSc1nnc(COc2ccc3c(c2C)CCCC3)n1C. The van der Waals surface area contributed by atoms with Gasteiger partial charge in [-0.1, -0.05) is 30.0 Å². The summed E-state index contributed by atoms with van der Waals surface area (Å²) in [5.74, 6) is 2.33. The lowest BCUT2D eigenvalue weighted by atomic mass is 9.88. The van der Waals surface area contributed by atoms with E-state index in [-0.39, 0.29) is 11.7 Å². The number of methoxy groups -OCH3 is 1. The van der Waals surface area contributed by atoms with Crippen molar-refractivity contribution in [3.8, 4) is 11.5 Å². The summed E-state index contributed by atoms with van der Waals surface area (Å²) in [6.07, 6.45) is 4.79. The zero-order valence-corrected chi connectivity index (χ0v) is 19.5. The summed E-state index contributed by atoms with van der Waals surface area (Å²) in [5.41, 5.74) is 4.76. The van der Waals surface area contributed by atoms with E-state index in [0.717, 1.165) is 24.4 Å². The Balaban J connectivity index is 1.34. The van der Waals surface area contributed by atoms with Crippen LogP contribution < -0.4 is 14.8 Å². The third-order valence-corrected chi connectivity index (χ3v) is 6.78. The van der Waals surface area contributed by atoms with E-state index in [4.69, 9.17) is 9.47 Å². The van der Waals surface area contributed by atoms with Crippen molar-refractivity contribution in [3.63, 3.8) is 0 Å². The van der Waals surface area contributed by atoms with E-state index in [1.165, 1.54) is 41.3 Å². The lowest BCUT2D eigenvalue weighted by Gasteiger charge is -2.20. The Morgan fingerprint density at radius 1 is 1.12 bits per heavy atom. The third-order valence-electron chi connectivity index (χ3n) is 5.76. The van der Waals surface area contributed by atoms with Gasteiger partial charge in [-0.25, -0.2) is 0 Å². The number of hydrogen-bond donors (Lipinski definition) is 1. The molecule has 1 N–H and O–H groups in total. The van der Waals surface area contributed by atoms with Crippen molar-refractivity contribution >= 4 is 23.4 Å². The summed E-state index contributed by atoms with van der Waals surface area (Å²) in [6, 6.07) is 11.6. The zero-order valence-electron chi connectivity index (χ0n) is 18.7. The maximum Gasteiger partial charge on any atom is 0.234 e. The van der Waals surface area contributed by atoms with Gasteiger partial charge in [-0.15, -0.1) is 10.2 Å². The Bertz CT molecular complexity index is 1110. The number of nitrogens with zero attached hydrogens (tertiary/aromatic N) is 3. The molecule has 0 bridgehead atoms. The number of para-hydroxylation sites is 2. The first kappa shape index (κ1) is 22.2. The second kappa shape index (κ2) is 10.1. The predicted octanol–water partition coefficient (Wildman–Crippen LogP) is 4.32. The largest absolute Gasteiger partial charge is 0.495 e.